The van der Waals surface area contributed by atoms with Gasteiger partial charge >= 0.3 is 12.1 Å². The predicted octanol–water partition coefficient (Wildman–Crippen LogP) is 3.93. The average Bonchev–Trinajstić information content (AvgIpc) is 2.98. The Bertz CT molecular complexity index is 693. The van der Waals surface area contributed by atoms with Gasteiger partial charge in [0.05, 0.1) is 0 Å². The van der Waals surface area contributed by atoms with Crippen molar-refractivity contribution in [1.82, 2.24) is 15.5 Å². The van der Waals surface area contributed by atoms with Crippen LogP contribution in [-0.2, 0) is 11.3 Å². The van der Waals surface area contributed by atoms with Gasteiger partial charge in [-0.15, -0.1) is 0 Å². The molecule has 7 heteroatoms. The van der Waals surface area contributed by atoms with E-state index in [2.05, 4.69) is 10.6 Å². The number of rotatable bonds is 3. The van der Waals surface area contributed by atoms with Crippen LogP contribution >= 0.6 is 11.6 Å². The normalized spacial score (nSPS) is 24.4. The van der Waals surface area contributed by atoms with E-state index in [1.807, 2.05) is 45.0 Å². The lowest BCUT2D eigenvalue weighted by atomic mass is 9.65. The molecule has 27 heavy (non-hydrogen) atoms. The van der Waals surface area contributed by atoms with Crippen LogP contribution in [-0.4, -0.2) is 41.8 Å². The summed E-state index contributed by atoms with van der Waals surface area (Å²) in [5.41, 5.74) is 0.660. The Morgan fingerprint density at radius 3 is 2.56 bits per heavy atom. The van der Waals surface area contributed by atoms with Crippen LogP contribution in [0.1, 0.15) is 45.6 Å². The van der Waals surface area contributed by atoms with E-state index in [-0.39, 0.29) is 23.6 Å². The Kier molecular flexibility index (Phi) is 5.56. The number of likely N-dealkylation sites (tertiary alicyclic amines) is 1. The minimum absolute atomic E-state index is 0.130. The molecule has 1 saturated heterocycles. The summed E-state index contributed by atoms with van der Waals surface area (Å²) in [6.45, 7) is 7.54. The van der Waals surface area contributed by atoms with E-state index in [1.54, 1.807) is 4.90 Å². The summed E-state index contributed by atoms with van der Waals surface area (Å²) in [5, 5.41) is 6.57. The fourth-order valence-electron chi connectivity index (χ4n) is 3.86. The monoisotopic (exact) mass is 393 g/mol. The van der Waals surface area contributed by atoms with Crippen molar-refractivity contribution in [3.63, 3.8) is 0 Å². The molecule has 1 aliphatic carbocycles. The Labute approximate surface area is 165 Å². The molecule has 6 nitrogen and oxygen atoms in total. The first-order valence-electron chi connectivity index (χ1n) is 9.41. The van der Waals surface area contributed by atoms with Crippen LogP contribution in [0.5, 0.6) is 0 Å². The molecule has 1 saturated carbocycles. The van der Waals surface area contributed by atoms with E-state index < -0.39 is 5.60 Å². The Hall–Kier alpha value is -1.95. The number of hydrogen-bond acceptors (Lipinski definition) is 3. The summed E-state index contributed by atoms with van der Waals surface area (Å²) in [6.07, 6.45) is 2.54. The van der Waals surface area contributed by atoms with Gasteiger partial charge in [0.15, 0.2) is 0 Å². The number of nitrogens with zero attached hydrogens (tertiary/aromatic N) is 1. The number of nitrogens with one attached hydrogen (secondary N) is 2. The summed E-state index contributed by atoms with van der Waals surface area (Å²) in [5.74, 6) is 0. The second-order valence-electron chi connectivity index (χ2n) is 8.71. The van der Waals surface area contributed by atoms with Gasteiger partial charge in [-0.1, -0.05) is 23.7 Å². The van der Waals surface area contributed by atoms with E-state index in [4.69, 9.17) is 16.3 Å². The topological polar surface area (TPSA) is 70.7 Å². The first kappa shape index (κ1) is 19.8. The molecule has 2 N–H and O–H groups in total. The summed E-state index contributed by atoms with van der Waals surface area (Å²) in [7, 11) is 0. The molecule has 0 bridgehead atoms. The van der Waals surface area contributed by atoms with Crippen molar-refractivity contribution >= 4 is 23.7 Å². The smallest absolute Gasteiger partial charge is 0.410 e. The standard InChI is InChI=1S/C20H28ClN3O3/c1-19(2,3)27-18(26)24-9-8-20(13-24)10-16(11-20)23-17(25)22-12-14-4-6-15(21)7-5-14/h4-7,16H,8-13H2,1-3H3,(H2,22,23,25). The first-order valence-corrected chi connectivity index (χ1v) is 9.79. The predicted molar refractivity (Wildman–Crippen MR) is 105 cm³/mol. The number of benzene rings is 1. The SMILES string of the molecule is CC(C)(C)OC(=O)N1CCC2(CC(NC(=O)NCc3ccc(Cl)cc3)C2)C1. The maximum Gasteiger partial charge on any atom is 0.410 e. The van der Waals surface area contributed by atoms with Crippen LogP contribution in [0.3, 0.4) is 0 Å². The highest BCUT2D eigenvalue weighted by Gasteiger charge is 2.50. The molecule has 3 amide bonds. The van der Waals surface area contributed by atoms with Crippen molar-refractivity contribution in [3.8, 4) is 0 Å². The third-order valence-corrected chi connectivity index (χ3v) is 5.40. The number of carbonyl (C=O) groups is 2. The zero-order valence-corrected chi connectivity index (χ0v) is 16.9. The van der Waals surface area contributed by atoms with Gasteiger partial charge in [0.1, 0.15) is 5.60 Å². The van der Waals surface area contributed by atoms with Gasteiger partial charge in [0.25, 0.3) is 0 Å². The molecule has 3 rings (SSSR count). The molecule has 1 aromatic rings. The van der Waals surface area contributed by atoms with Crippen molar-refractivity contribution < 1.29 is 14.3 Å². The highest BCUT2D eigenvalue weighted by Crippen LogP contribution is 2.48. The second kappa shape index (κ2) is 7.58. The van der Waals surface area contributed by atoms with Gasteiger partial charge < -0.3 is 20.3 Å². The molecule has 1 heterocycles. The molecule has 1 aliphatic heterocycles. The Morgan fingerprint density at radius 1 is 1.26 bits per heavy atom. The Balaban J connectivity index is 1.38. The number of halogens is 1. The van der Waals surface area contributed by atoms with Gasteiger partial charge in [-0.2, -0.15) is 0 Å². The number of carbonyl (C=O) groups excluding carboxylic acids is 2. The van der Waals surface area contributed by atoms with Crippen LogP contribution in [0.15, 0.2) is 24.3 Å². The Morgan fingerprint density at radius 2 is 1.93 bits per heavy atom. The molecule has 0 unspecified atom stereocenters. The third-order valence-electron chi connectivity index (χ3n) is 5.15. The lowest BCUT2D eigenvalue weighted by Gasteiger charge is -2.45. The molecule has 2 fully saturated rings. The van der Waals surface area contributed by atoms with Crippen molar-refractivity contribution in [3.05, 3.63) is 34.9 Å². The lowest BCUT2D eigenvalue weighted by molar-refractivity contribution is 0.0222. The van der Waals surface area contributed by atoms with Crippen LogP contribution in [0.2, 0.25) is 5.02 Å². The zero-order chi connectivity index (χ0) is 19.7. The number of ether oxygens (including phenoxy) is 1. The quantitative estimate of drug-likeness (QED) is 0.817. The molecule has 148 valence electrons. The van der Waals surface area contributed by atoms with Gasteiger partial charge in [0.2, 0.25) is 0 Å². The molecule has 0 aromatic heterocycles. The third kappa shape index (κ3) is 5.28. The lowest BCUT2D eigenvalue weighted by Crippen LogP contribution is -2.54. The molecule has 1 spiro atoms. The summed E-state index contributed by atoms with van der Waals surface area (Å²) >= 11 is 5.86. The first-order chi connectivity index (χ1) is 12.6. The summed E-state index contributed by atoms with van der Waals surface area (Å²) in [4.78, 5) is 26.1. The van der Waals surface area contributed by atoms with Crippen molar-refractivity contribution in [2.24, 2.45) is 5.41 Å². The number of amides is 3. The molecule has 0 atom stereocenters. The molecule has 2 aliphatic rings. The maximum atomic E-state index is 12.2. The fraction of sp³-hybridized carbons (Fsp3) is 0.600. The van der Waals surface area contributed by atoms with E-state index in [1.165, 1.54) is 0 Å². The minimum atomic E-state index is -0.473. The van der Waals surface area contributed by atoms with Crippen LogP contribution in [0, 0.1) is 5.41 Å². The highest BCUT2D eigenvalue weighted by atomic mass is 35.5. The van der Waals surface area contributed by atoms with Crippen LogP contribution in [0.25, 0.3) is 0 Å². The van der Waals surface area contributed by atoms with Gasteiger partial charge in [-0.05, 0) is 63.1 Å². The van der Waals surface area contributed by atoms with Crippen molar-refractivity contribution in [1.29, 1.82) is 0 Å². The van der Waals surface area contributed by atoms with Gasteiger partial charge in [0, 0.05) is 30.7 Å². The molecular formula is C20H28ClN3O3. The van der Waals surface area contributed by atoms with Crippen LogP contribution in [0.4, 0.5) is 9.59 Å². The fourth-order valence-corrected chi connectivity index (χ4v) is 3.99. The van der Waals surface area contributed by atoms with E-state index in [0.717, 1.165) is 31.4 Å². The molecule has 0 radical (unpaired) electrons. The maximum absolute atomic E-state index is 12.2. The van der Waals surface area contributed by atoms with E-state index in [9.17, 15) is 9.59 Å². The average molecular weight is 394 g/mol. The minimum Gasteiger partial charge on any atom is -0.444 e. The van der Waals surface area contributed by atoms with Gasteiger partial charge in [-0.25, -0.2) is 9.59 Å². The van der Waals surface area contributed by atoms with Crippen LogP contribution < -0.4 is 10.6 Å². The highest BCUT2D eigenvalue weighted by molar-refractivity contribution is 6.30. The van der Waals surface area contributed by atoms with Gasteiger partial charge in [-0.3, -0.25) is 0 Å². The van der Waals surface area contributed by atoms with E-state index in [0.29, 0.717) is 18.1 Å². The second-order valence-corrected chi connectivity index (χ2v) is 9.15. The van der Waals surface area contributed by atoms with E-state index >= 15 is 0 Å². The summed E-state index contributed by atoms with van der Waals surface area (Å²) in [6, 6.07) is 7.40. The van der Waals surface area contributed by atoms with Crippen molar-refractivity contribution in [2.45, 2.75) is 58.2 Å². The summed E-state index contributed by atoms with van der Waals surface area (Å²) < 4.78 is 5.46. The molecular weight excluding hydrogens is 366 g/mol. The zero-order valence-electron chi connectivity index (χ0n) is 16.2. The number of urea groups is 1. The number of hydrogen-bond donors (Lipinski definition) is 2. The van der Waals surface area contributed by atoms with Crippen molar-refractivity contribution in [2.75, 3.05) is 13.1 Å². The largest absolute Gasteiger partial charge is 0.444 e. The molecule has 1 aromatic carbocycles.